The molecule has 0 spiro atoms. The highest BCUT2D eigenvalue weighted by Crippen LogP contribution is 2.33. The van der Waals surface area contributed by atoms with Crippen LogP contribution in [0.3, 0.4) is 0 Å². The van der Waals surface area contributed by atoms with Crippen molar-refractivity contribution in [3.8, 4) is 5.75 Å². The number of carbonyl (C=O) groups excluding carboxylic acids is 1. The van der Waals surface area contributed by atoms with Crippen LogP contribution in [-0.2, 0) is 4.79 Å². The number of benzene rings is 1. The van der Waals surface area contributed by atoms with Gasteiger partial charge in [-0.15, -0.1) is 0 Å². The van der Waals surface area contributed by atoms with Crippen molar-refractivity contribution >= 4 is 11.6 Å². The number of nitro groups is 1. The van der Waals surface area contributed by atoms with Crippen LogP contribution in [0.5, 0.6) is 5.75 Å². The van der Waals surface area contributed by atoms with Crippen molar-refractivity contribution in [2.24, 2.45) is 0 Å². The Morgan fingerprint density at radius 2 is 2.25 bits per heavy atom. The van der Waals surface area contributed by atoms with Crippen LogP contribution in [0, 0.1) is 10.1 Å². The Morgan fingerprint density at radius 1 is 1.50 bits per heavy atom. The lowest BCUT2D eigenvalue weighted by Crippen LogP contribution is -2.13. The Balaban J connectivity index is 2.41. The number of phenols is 1. The van der Waals surface area contributed by atoms with E-state index in [2.05, 4.69) is 5.32 Å². The Labute approximate surface area is 91.0 Å². The molecular formula is C10H10N2O4. The van der Waals surface area contributed by atoms with Gasteiger partial charge in [0.05, 0.1) is 4.92 Å². The van der Waals surface area contributed by atoms with Crippen molar-refractivity contribution in [2.75, 3.05) is 6.54 Å². The highest BCUT2D eigenvalue weighted by molar-refractivity contribution is 5.79. The summed E-state index contributed by atoms with van der Waals surface area (Å²) in [5, 5.41) is 22.7. The summed E-state index contributed by atoms with van der Waals surface area (Å²) in [5.74, 6) is -0.386. The first-order valence-corrected chi connectivity index (χ1v) is 4.82. The van der Waals surface area contributed by atoms with E-state index in [1.165, 1.54) is 18.2 Å². The number of phenolic OH excluding ortho intramolecular Hbond substituents is 1. The minimum atomic E-state index is -0.502. The molecule has 1 aromatic carbocycles. The minimum absolute atomic E-state index is 0.0278. The highest BCUT2D eigenvalue weighted by Gasteiger charge is 2.29. The number of nitro benzene ring substituents is 1. The summed E-state index contributed by atoms with van der Waals surface area (Å²) < 4.78 is 0. The molecule has 2 rings (SSSR count). The van der Waals surface area contributed by atoms with E-state index in [0.717, 1.165) is 0 Å². The summed E-state index contributed by atoms with van der Waals surface area (Å²) in [4.78, 5) is 21.3. The van der Waals surface area contributed by atoms with E-state index in [0.29, 0.717) is 12.1 Å². The number of carbonyl (C=O) groups is 1. The quantitative estimate of drug-likeness (QED) is 0.574. The number of hydrogen-bond donors (Lipinski definition) is 2. The molecule has 1 aliphatic rings. The van der Waals surface area contributed by atoms with E-state index in [1.54, 1.807) is 0 Å². The van der Waals surface area contributed by atoms with Gasteiger partial charge in [0.15, 0.2) is 0 Å². The van der Waals surface area contributed by atoms with Gasteiger partial charge in [0.25, 0.3) is 5.69 Å². The summed E-state index contributed by atoms with van der Waals surface area (Å²) in [6.07, 6.45) is 0.226. The smallest absolute Gasteiger partial charge is 0.273 e. The molecule has 84 valence electrons. The first kappa shape index (κ1) is 10.4. The van der Waals surface area contributed by atoms with Crippen molar-refractivity contribution in [3.63, 3.8) is 0 Å². The molecule has 1 atom stereocenters. The van der Waals surface area contributed by atoms with Crippen molar-refractivity contribution in [2.45, 2.75) is 12.3 Å². The van der Waals surface area contributed by atoms with E-state index in [1.807, 2.05) is 0 Å². The van der Waals surface area contributed by atoms with E-state index in [-0.39, 0.29) is 29.7 Å². The zero-order chi connectivity index (χ0) is 11.7. The molecule has 1 aromatic rings. The maximum Gasteiger partial charge on any atom is 0.273 e. The van der Waals surface area contributed by atoms with Gasteiger partial charge in [-0.1, -0.05) is 0 Å². The molecule has 0 aromatic heterocycles. The Bertz CT molecular complexity index is 458. The van der Waals surface area contributed by atoms with Crippen molar-refractivity contribution in [3.05, 3.63) is 33.9 Å². The first-order valence-electron chi connectivity index (χ1n) is 4.82. The molecule has 6 nitrogen and oxygen atoms in total. The molecule has 2 N–H and O–H groups in total. The molecule has 0 radical (unpaired) electrons. The lowest BCUT2D eigenvalue weighted by Gasteiger charge is -2.08. The second kappa shape index (κ2) is 3.80. The Morgan fingerprint density at radius 3 is 2.81 bits per heavy atom. The molecule has 1 amide bonds. The normalized spacial score (nSPS) is 19.5. The van der Waals surface area contributed by atoms with Crippen LogP contribution >= 0.6 is 0 Å². The van der Waals surface area contributed by atoms with Gasteiger partial charge in [0.2, 0.25) is 5.91 Å². The predicted molar refractivity (Wildman–Crippen MR) is 55.1 cm³/mol. The van der Waals surface area contributed by atoms with Crippen molar-refractivity contribution < 1.29 is 14.8 Å². The SMILES string of the molecule is O=C1CC(c2cc(O)ccc2[N+](=O)[O-])CN1. The molecule has 16 heavy (non-hydrogen) atoms. The maximum absolute atomic E-state index is 11.0. The lowest BCUT2D eigenvalue weighted by molar-refractivity contribution is -0.385. The van der Waals surface area contributed by atoms with E-state index >= 15 is 0 Å². The fraction of sp³-hybridized carbons (Fsp3) is 0.300. The highest BCUT2D eigenvalue weighted by atomic mass is 16.6. The standard InChI is InChI=1S/C10H10N2O4/c13-7-1-2-9(12(15)16)8(4-7)6-3-10(14)11-5-6/h1-2,4,6,13H,3,5H2,(H,11,14). The lowest BCUT2D eigenvalue weighted by atomic mass is 9.96. The second-order valence-corrected chi connectivity index (χ2v) is 3.71. The topological polar surface area (TPSA) is 92.5 Å². The number of aromatic hydroxyl groups is 1. The van der Waals surface area contributed by atoms with E-state index in [9.17, 15) is 20.0 Å². The fourth-order valence-electron chi connectivity index (χ4n) is 1.86. The predicted octanol–water partition coefficient (Wildman–Crippen LogP) is 0.904. The average molecular weight is 222 g/mol. The van der Waals surface area contributed by atoms with Crippen molar-refractivity contribution in [1.82, 2.24) is 5.32 Å². The van der Waals surface area contributed by atoms with Crippen LogP contribution in [0.1, 0.15) is 17.9 Å². The number of rotatable bonds is 2. The molecule has 1 unspecified atom stereocenters. The molecular weight excluding hydrogens is 212 g/mol. The number of hydrogen-bond acceptors (Lipinski definition) is 4. The molecule has 1 heterocycles. The molecule has 6 heteroatoms. The number of nitrogens with one attached hydrogen (secondary N) is 1. The largest absolute Gasteiger partial charge is 0.508 e. The zero-order valence-corrected chi connectivity index (χ0v) is 8.34. The summed E-state index contributed by atoms with van der Waals surface area (Å²) in [5.41, 5.74) is 0.350. The molecule has 1 saturated heterocycles. The summed E-state index contributed by atoms with van der Waals surface area (Å²) >= 11 is 0. The zero-order valence-electron chi connectivity index (χ0n) is 8.34. The van der Waals surface area contributed by atoms with Gasteiger partial charge >= 0.3 is 0 Å². The van der Waals surface area contributed by atoms with Crippen LogP contribution in [-0.4, -0.2) is 22.5 Å². The summed E-state index contributed by atoms with van der Waals surface area (Å²) in [6, 6.07) is 3.88. The number of amides is 1. The van der Waals surface area contributed by atoms with Crippen molar-refractivity contribution in [1.29, 1.82) is 0 Å². The second-order valence-electron chi connectivity index (χ2n) is 3.71. The maximum atomic E-state index is 11.0. The molecule has 0 saturated carbocycles. The molecule has 1 aliphatic heterocycles. The van der Waals surface area contributed by atoms with Crippen LogP contribution < -0.4 is 5.32 Å². The van der Waals surface area contributed by atoms with Crippen LogP contribution in [0.25, 0.3) is 0 Å². The number of nitrogens with zero attached hydrogens (tertiary/aromatic N) is 1. The van der Waals surface area contributed by atoms with Gasteiger partial charge in [-0.2, -0.15) is 0 Å². The third kappa shape index (κ3) is 1.81. The molecule has 0 aliphatic carbocycles. The third-order valence-corrected chi connectivity index (χ3v) is 2.63. The van der Waals surface area contributed by atoms with Gasteiger partial charge in [0, 0.05) is 30.5 Å². The average Bonchev–Trinajstić information content (AvgIpc) is 2.64. The van der Waals surface area contributed by atoms with Crippen LogP contribution in [0.4, 0.5) is 5.69 Å². The minimum Gasteiger partial charge on any atom is -0.508 e. The van der Waals surface area contributed by atoms with Crippen LogP contribution in [0.15, 0.2) is 18.2 Å². The molecule has 0 bridgehead atoms. The third-order valence-electron chi connectivity index (χ3n) is 2.63. The van der Waals surface area contributed by atoms with Gasteiger partial charge < -0.3 is 10.4 Å². The Kier molecular flexibility index (Phi) is 2.47. The fourth-order valence-corrected chi connectivity index (χ4v) is 1.86. The van der Waals surface area contributed by atoms with E-state index in [4.69, 9.17) is 0 Å². The Hall–Kier alpha value is -2.11. The van der Waals surface area contributed by atoms with Gasteiger partial charge in [-0.05, 0) is 12.1 Å². The summed E-state index contributed by atoms with van der Waals surface area (Å²) in [7, 11) is 0. The van der Waals surface area contributed by atoms with Gasteiger partial charge in [0.1, 0.15) is 5.75 Å². The molecule has 1 fully saturated rings. The van der Waals surface area contributed by atoms with Gasteiger partial charge in [-0.25, -0.2) is 0 Å². The van der Waals surface area contributed by atoms with Crippen LogP contribution in [0.2, 0.25) is 0 Å². The summed E-state index contributed by atoms with van der Waals surface area (Å²) in [6.45, 7) is 0.378. The van der Waals surface area contributed by atoms with E-state index < -0.39 is 4.92 Å². The first-order chi connectivity index (χ1) is 7.58. The van der Waals surface area contributed by atoms with Gasteiger partial charge in [-0.3, -0.25) is 14.9 Å². The monoisotopic (exact) mass is 222 g/mol.